The van der Waals surface area contributed by atoms with E-state index in [0.29, 0.717) is 0 Å². The monoisotopic (exact) mass is 209 g/mol. The molecule has 0 aliphatic carbocycles. The molecular formula is C11H15NOS. The summed E-state index contributed by atoms with van der Waals surface area (Å²) in [5, 5.41) is 0.167. The molecule has 1 aromatic rings. The van der Waals surface area contributed by atoms with E-state index in [0.717, 1.165) is 18.8 Å². The molecule has 14 heavy (non-hydrogen) atoms. The van der Waals surface area contributed by atoms with Gasteiger partial charge in [-0.2, -0.15) is 12.6 Å². The van der Waals surface area contributed by atoms with E-state index in [4.69, 9.17) is 4.74 Å². The number of hydrogen-bond donors (Lipinski definition) is 1. The molecule has 0 bridgehead atoms. The molecule has 2 rings (SSSR count). The second kappa shape index (κ2) is 3.83. The average Bonchev–Trinajstić information content (AvgIpc) is 2.62. The Balaban J connectivity index is 2.28. The predicted molar refractivity (Wildman–Crippen MR) is 61.1 cm³/mol. The van der Waals surface area contributed by atoms with Crippen LogP contribution in [0.15, 0.2) is 18.2 Å². The van der Waals surface area contributed by atoms with Crippen molar-refractivity contribution >= 4 is 12.6 Å². The highest BCUT2D eigenvalue weighted by atomic mass is 32.1. The number of nitrogens with zero attached hydrogens (tertiary/aromatic N) is 1. The van der Waals surface area contributed by atoms with Gasteiger partial charge in [0.2, 0.25) is 0 Å². The standard InChI is InChI=1S/C11H15NOS/c1-12(2)11(14)9-3-4-10-8(7-9)5-6-13-10/h3-4,7,11,14H,5-6H2,1-2H3. The van der Waals surface area contributed by atoms with Crippen LogP contribution in [0, 0.1) is 0 Å². The second-order valence-corrected chi connectivity index (χ2v) is 4.29. The molecule has 0 fully saturated rings. The summed E-state index contributed by atoms with van der Waals surface area (Å²) in [6, 6.07) is 6.33. The molecule has 0 N–H and O–H groups in total. The molecule has 2 nitrogen and oxygen atoms in total. The summed E-state index contributed by atoms with van der Waals surface area (Å²) in [5.74, 6) is 1.04. The van der Waals surface area contributed by atoms with E-state index < -0.39 is 0 Å². The first-order valence-electron chi connectivity index (χ1n) is 4.78. The van der Waals surface area contributed by atoms with Crippen molar-refractivity contribution in [2.45, 2.75) is 11.8 Å². The van der Waals surface area contributed by atoms with Crippen LogP contribution in [0.4, 0.5) is 0 Å². The molecule has 0 spiro atoms. The maximum Gasteiger partial charge on any atom is 0.122 e. The molecular weight excluding hydrogens is 194 g/mol. The summed E-state index contributed by atoms with van der Waals surface area (Å²) in [7, 11) is 4.06. The van der Waals surface area contributed by atoms with Crippen LogP contribution in [0.1, 0.15) is 16.5 Å². The van der Waals surface area contributed by atoms with Crippen molar-refractivity contribution in [2.75, 3.05) is 20.7 Å². The fourth-order valence-electron chi connectivity index (χ4n) is 1.67. The smallest absolute Gasteiger partial charge is 0.122 e. The van der Waals surface area contributed by atoms with Crippen LogP contribution in [-0.2, 0) is 6.42 Å². The minimum Gasteiger partial charge on any atom is -0.493 e. The third-order valence-corrected chi connectivity index (χ3v) is 3.26. The predicted octanol–water partition coefficient (Wildman–Crippen LogP) is 2.11. The summed E-state index contributed by atoms with van der Waals surface area (Å²) in [4.78, 5) is 2.08. The first kappa shape index (κ1) is 9.87. The molecule has 1 aliphatic rings. The Labute approximate surface area is 90.3 Å². The first-order valence-corrected chi connectivity index (χ1v) is 5.30. The molecule has 0 saturated heterocycles. The molecule has 3 heteroatoms. The summed E-state index contributed by atoms with van der Waals surface area (Å²) in [5.41, 5.74) is 2.55. The Morgan fingerprint density at radius 3 is 2.93 bits per heavy atom. The van der Waals surface area contributed by atoms with Crippen molar-refractivity contribution in [2.24, 2.45) is 0 Å². The Bertz CT molecular complexity index is 338. The summed E-state index contributed by atoms with van der Waals surface area (Å²) >= 11 is 4.54. The van der Waals surface area contributed by atoms with Gasteiger partial charge < -0.3 is 4.74 Å². The van der Waals surface area contributed by atoms with E-state index >= 15 is 0 Å². The van der Waals surface area contributed by atoms with Crippen LogP contribution >= 0.6 is 12.6 Å². The van der Waals surface area contributed by atoms with Gasteiger partial charge in [-0.15, -0.1) is 0 Å². The quantitative estimate of drug-likeness (QED) is 0.591. The summed E-state index contributed by atoms with van der Waals surface area (Å²) in [6.45, 7) is 0.817. The van der Waals surface area contributed by atoms with Crippen molar-refractivity contribution in [1.82, 2.24) is 4.90 Å². The number of benzene rings is 1. The number of ether oxygens (including phenoxy) is 1. The van der Waals surface area contributed by atoms with E-state index in [2.05, 4.69) is 29.7 Å². The van der Waals surface area contributed by atoms with Crippen molar-refractivity contribution in [3.63, 3.8) is 0 Å². The molecule has 1 unspecified atom stereocenters. The van der Waals surface area contributed by atoms with Gasteiger partial charge in [0.1, 0.15) is 5.75 Å². The molecule has 0 saturated carbocycles. The topological polar surface area (TPSA) is 12.5 Å². The van der Waals surface area contributed by atoms with Gasteiger partial charge in [-0.1, -0.05) is 6.07 Å². The van der Waals surface area contributed by atoms with E-state index in [-0.39, 0.29) is 5.37 Å². The van der Waals surface area contributed by atoms with Crippen LogP contribution in [0.3, 0.4) is 0 Å². The lowest BCUT2D eigenvalue weighted by Gasteiger charge is -2.19. The average molecular weight is 209 g/mol. The highest BCUT2D eigenvalue weighted by Gasteiger charge is 2.15. The van der Waals surface area contributed by atoms with E-state index in [1.54, 1.807) is 0 Å². The second-order valence-electron chi connectivity index (χ2n) is 3.80. The van der Waals surface area contributed by atoms with Gasteiger partial charge in [0, 0.05) is 6.42 Å². The Kier molecular flexibility index (Phi) is 2.70. The van der Waals surface area contributed by atoms with E-state index in [9.17, 15) is 0 Å². The SMILES string of the molecule is CN(C)C(S)c1ccc2c(c1)CCO2. The van der Waals surface area contributed by atoms with Gasteiger partial charge in [-0.25, -0.2) is 0 Å². The third-order valence-electron chi connectivity index (χ3n) is 2.50. The van der Waals surface area contributed by atoms with Gasteiger partial charge in [-0.3, -0.25) is 4.90 Å². The first-order chi connectivity index (χ1) is 6.68. The highest BCUT2D eigenvalue weighted by Crippen LogP contribution is 2.30. The van der Waals surface area contributed by atoms with Crippen molar-refractivity contribution < 1.29 is 4.74 Å². The maximum atomic E-state index is 5.46. The molecule has 0 amide bonds. The zero-order chi connectivity index (χ0) is 10.1. The molecule has 1 aromatic carbocycles. The Hall–Kier alpha value is -0.670. The lowest BCUT2D eigenvalue weighted by atomic mass is 10.1. The molecule has 1 atom stereocenters. The van der Waals surface area contributed by atoms with Crippen LogP contribution in [0.2, 0.25) is 0 Å². The van der Waals surface area contributed by atoms with Crippen LogP contribution < -0.4 is 4.74 Å². The Morgan fingerprint density at radius 1 is 1.43 bits per heavy atom. The maximum absolute atomic E-state index is 5.46. The molecule has 76 valence electrons. The van der Waals surface area contributed by atoms with E-state index in [1.807, 2.05) is 20.2 Å². The summed E-state index contributed by atoms with van der Waals surface area (Å²) in [6.07, 6.45) is 1.02. The van der Waals surface area contributed by atoms with E-state index in [1.165, 1.54) is 11.1 Å². The molecule has 0 aromatic heterocycles. The van der Waals surface area contributed by atoms with Gasteiger partial charge in [0.05, 0.1) is 12.0 Å². The zero-order valence-corrected chi connectivity index (χ0v) is 9.42. The van der Waals surface area contributed by atoms with Crippen molar-refractivity contribution in [3.8, 4) is 5.75 Å². The fraction of sp³-hybridized carbons (Fsp3) is 0.455. The van der Waals surface area contributed by atoms with Gasteiger partial charge in [-0.05, 0) is 37.4 Å². The van der Waals surface area contributed by atoms with Crippen LogP contribution in [-0.4, -0.2) is 25.6 Å². The summed E-state index contributed by atoms with van der Waals surface area (Å²) < 4.78 is 5.46. The lowest BCUT2D eigenvalue weighted by molar-refractivity contribution is 0.356. The minimum atomic E-state index is 0.167. The number of rotatable bonds is 2. The Morgan fingerprint density at radius 2 is 2.21 bits per heavy atom. The number of fused-ring (bicyclic) bond motifs is 1. The fourth-order valence-corrected chi connectivity index (χ4v) is 1.83. The normalized spacial score (nSPS) is 16.6. The minimum absolute atomic E-state index is 0.167. The zero-order valence-electron chi connectivity index (χ0n) is 8.53. The molecule has 1 heterocycles. The van der Waals surface area contributed by atoms with Crippen molar-refractivity contribution in [1.29, 1.82) is 0 Å². The highest BCUT2D eigenvalue weighted by molar-refractivity contribution is 7.80. The van der Waals surface area contributed by atoms with Crippen LogP contribution in [0.5, 0.6) is 5.75 Å². The number of hydrogen-bond acceptors (Lipinski definition) is 3. The lowest BCUT2D eigenvalue weighted by Crippen LogP contribution is -2.14. The largest absolute Gasteiger partial charge is 0.493 e. The third kappa shape index (κ3) is 1.74. The van der Waals surface area contributed by atoms with Crippen molar-refractivity contribution in [3.05, 3.63) is 29.3 Å². The molecule has 0 radical (unpaired) electrons. The van der Waals surface area contributed by atoms with Gasteiger partial charge in [0.25, 0.3) is 0 Å². The van der Waals surface area contributed by atoms with Gasteiger partial charge in [0.15, 0.2) is 0 Å². The van der Waals surface area contributed by atoms with Gasteiger partial charge >= 0.3 is 0 Å². The molecule has 1 aliphatic heterocycles. The number of thiol groups is 1. The van der Waals surface area contributed by atoms with Crippen LogP contribution in [0.25, 0.3) is 0 Å².